The van der Waals surface area contributed by atoms with Crippen LogP contribution in [0.1, 0.15) is 44.8 Å². The third-order valence-corrected chi connectivity index (χ3v) is 4.06. The molecule has 5 heteroatoms. The molecule has 0 radical (unpaired) electrons. The van der Waals surface area contributed by atoms with Crippen molar-refractivity contribution in [1.82, 2.24) is 4.90 Å². The van der Waals surface area contributed by atoms with E-state index in [1.54, 1.807) is 12.1 Å². The molecule has 1 aromatic rings. The van der Waals surface area contributed by atoms with Crippen molar-refractivity contribution in [2.75, 3.05) is 6.54 Å². The van der Waals surface area contributed by atoms with E-state index in [1.165, 1.54) is 31.4 Å². The van der Waals surface area contributed by atoms with Crippen LogP contribution in [0.15, 0.2) is 24.3 Å². The maximum Gasteiger partial charge on any atom is 0.269 e. The van der Waals surface area contributed by atoms with Gasteiger partial charge in [0.25, 0.3) is 5.69 Å². The van der Waals surface area contributed by atoms with Crippen molar-refractivity contribution in [3.63, 3.8) is 0 Å². The number of hydrogen-bond donors (Lipinski definition) is 1. The van der Waals surface area contributed by atoms with Gasteiger partial charge >= 0.3 is 0 Å². The second-order valence-corrected chi connectivity index (χ2v) is 5.74. The molecule has 1 aliphatic rings. The van der Waals surface area contributed by atoms with E-state index in [4.69, 9.17) is 0 Å². The lowest BCUT2D eigenvalue weighted by molar-refractivity contribution is -0.385. The SMILES string of the molecule is CC(C)N(CC(O)c1cccc([N+](=O)[O-])c1)C1CCC1. The van der Waals surface area contributed by atoms with Gasteiger partial charge in [-0.3, -0.25) is 15.0 Å². The fraction of sp³-hybridized carbons (Fsp3) is 0.600. The van der Waals surface area contributed by atoms with Crippen molar-refractivity contribution in [3.05, 3.63) is 39.9 Å². The smallest absolute Gasteiger partial charge is 0.269 e. The molecule has 0 aliphatic heterocycles. The number of non-ortho nitro benzene ring substituents is 1. The summed E-state index contributed by atoms with van der Waals surface area (Å²) in [6, 6.07) is 7.19. The Morgan fingerprint density at radius 1 is 1.45 bits per heavy atom. The van der Waals surface area contributed by atoms with Crippen molar-refractivity contribution < 1.29 is 10.0 Å². The fourth-order valence-corrected chi connectivity index (χ4v) is 2.65. The van der Waals surface area contributed by atoms with E-state index < -0.39 is 11.0 Å². The Morgan fingerprint density at radius 2 is 2.15 bits per heavy atom. The standard InChI is InChI=1S/C15H22N2O3/c1-11(2)16(13-6-4-7-13)10-15(18)12-5-3-8-14(9-12)17(19)20/h3,5,8-9,11,13,15,18H,4,6-7,10H2,1-2H3. The number of rotatable bonds is 6. The monoisotopic (exact) mass is 278 g/mol. The number of aliphatic hydroxyl groups excluding tert-OH is 1. The summed E-state index contributed by atoms with van der Waals surface area (Å²) in [5.74, 6) is 0. The van der Waals surface area contributed by atoms with Gasteiger partial charge in [-0.25, -0.2) is 0 Å². The van der Waals surface area contributed by atoms with Gasteiger partial charge in [-0.1, -0.05) is 18.6 Å². The van der Waals surface area contributed by atoms with E-state index in [0.29, 0.717) is 24.2 Å². The highest BCUT2D eigenvalue weighted by molar-refractivity contribution is 5.35. The number of hydrogen-bond acceptors (Lipinski definition) is 4. The highest BCUT2D eigenvalue weighted by Crippen LogP contribution is 2.29. The quantitative estimate of drug-likeness (QED) is 0.642. The van der Waals surface area contributed by atoms with Gasteiger partial charge in [-0.2, -0.15) is 0 Å². The third-order valence-electron chi connectivity index (χ3n) is 4.06. The van der Waals surface area contributed by atoms with Crippen LogP contribution < -0.4 is 0 Å². The lowest BCUT2D eigenvalue weighted by atomic mass is 9.90. The average Bonchev–Trinajstić information content (AvgIpc) is 2.35. The van der Waals surface area contributed by atoms with Gasteiger partial charge in [0, 0.05) is 30.8 Å². The summed E-state index contributed by atoms with van der Waals surface area (Å²) in [5, 5.41) is 21.1. The Bertz CT molecular complexity index is 472. The number of benzene rings is 1. The van der Waals surface area contributed by atoms with Crippen molar-refractivity contribution in [1.29, 1.82) is 0 Å². The summed E-state index contributed by atoms with van der Waals surface area (Å²) in [5.41, 5.74) is 0.644. The van der Waals surface area contributed by atoms with Crippen LogP contribution in [0.2, 0.25) is 0 Å². The van der Waals surface area contributed by atoms with Gasteiger partial charge < -0.3 is 5.11 Å². The molecule has 0 bridgehead atoms. The van der Waals surface area contributed by atoms with Crippen LogP contribution in [0.5, 0.6) is 0 Å². The number of nitrogens with zero attached hydrogens (tertiary/aromatic N) is 2. The van der Waals surface area contributed by atoms with Crippen molar-refractivity contribution in [2.45, 2.75) is 51.3 Å². The van der Waals surface area contributed by atoms with E-state index in [2.05, 4.69) is 18.7 Å². The molecule has 110 valence electrons. The third kappa shape index (κ3) is 3.35. The molecular weight excluding hydrogens is 256 g/mol. The van der Waals surface area contributed by atoms with Crippen LogP contribution in [0.3, 0.4) is 0 Å². The minimum atomic E-state index is -0.683. The van der Waals surface area contributed by atoms with Gasteiger partial charge in [0.2, 0.25) is 0 Å². The molecule has 1 fully saturated rings. The van der Waals surface area contributed by atoms with E-state index in [1.807, 2.05) is 0 Å². The lowest BCUT2D eigenvalue weighted by Gasteiger charge is -2.41. The Morgan fingerprint density at radius 3 is 2.65 bits per heavy atom. The Balaban J connectivity index is 2.07. The zero-order chi connectivity index (χ0) is 14.7. The van der Waals surface area contributed by atoms with Crippen molar-refractivity contribution in [2.24, 2.45) is 0 Å². The van der Waals surface area contributed by atoms with E-state index in [9.17, 15) is 15.2 Å². The van der Waals surface area contributed by atoms with Crippen molar-refractivity contribution in [3.8, 4) is 0 Å². The molecule has 0 amide bonds. The van der Waals surface area contributed by atoms with Crippen LogP contribution in [0, 0.1) is 10.1 Å². The van der Waals surface area contributed by atoms with E-state index in [0.717, 1.165) is 0 Å². The largest absolute Gasteiger partial charge is 0.387 e. The summed E-state index contributed by atoms with van der Waals surface area (Å²) in [6.07, 6.45) is 2.93. The predicted molar refractivity (Wildman–Crippen MR) is 77.5 cm³/mol. The van der Waals surface area contributed by atoms with Crippen LogP contribution in [0.25, 0.3) is 0 Å². The van der Waals surface area contributed by atoms with Crippen molar-refractivity contribution >= 4 is 5.69 Å². The Kier molecular flexibility index (Phi) is 4.73. The molecule has 1 aliphatic carbocycles. The first-order valence-electron chi connectivity index (χ1n) is 7.17. The molecule has 1 atom stereocenters. The van der Waals surface area contributed by atoms with Crippen LogP contribution in [-0.2, 0) is 0 Å². The minimum absolute atomic E-state index is 0.0290. The summed E-state index contributed by atoms with van der Waals surface area (Å²) < 4.78 is 0. The van der Waals surface area contributed by atoms with Gasteiger partial charge in [0.1, 0.15) is 0 Å². The highest BCUT2D eigenvalue weighted by atomic mass is 16.6. The summed E-state index contributed by atoms with van der Waals surface area (Å²) in [6.45, 7) is 4.78. The number of nitro benzene ring substituents is 1. The molecule has 0 heterocycles. The lowest BCUT2D eigenvalue weighted by Crippen LogP contribution is -2.46. The second-order valence-electron chi connectivity index (χ2n) is 5.74. The fourth-order valence-electron chi connectivity index (χ4n) is 2.65. The topological polar surface area (TPSA) is 66.6 Å². The molecule has 1 saturated carbocycles. The maximum atomic E-state index is 10.8. The van der Waals surface area contributed by atoms with Gasteiger partial charge in [0.15, 0.2) is 0 Å². The first-order chi connectivity index (χ1) is 9.49. The molecule has 2 rings (SSSR count). The Hall–Kier alpha value is -1.46. The second kappa shape index (κ2) is 6.33. The number of nitro groups is 1. The normalized spacial score (nSPS) is 17.2. The molecule has 1 N–H and O–H groups in total. The Labute approximate surface area is 119 Å². The molecule has 1 unspecified atom stereocenters. The minimum Gasteiger partial charge on any atom is -0.387 e. The predicted octanol–water partition coefficient (Wildman–Crippen LogP) is 2.89. The van der Waals surface area contributed by atoms with Gasteiger partial charge in [0.05, 0.1) is 11.0 Å². The molecule has 1 aromatic carbocycles. The van der Waals surface area contributed by atoms with E-state index >= 15 is 0 Å². The van der Waals surface area contributed by atoms with Crippen LogP contribution in [0.4, 0.5) is 5.69 Å². The van der Waals surface area contributed by atoms with Crippen LogP contribution in [-0.4, -0.2) is 33.6 Å². The summed E-state index contributed by atoms with van der Waals surface area (Å²) in [7, 11) is 0. The first-order valence-corrected chi connectivity index (χ1v) is 7.17. The number of aliphatic hydroxyl groups is 1. The molecule has 0 saturated heterocycles. The van der Waals surface area contributed by atoms with Crippen LogP contribution >= 0.6 is 0 Å². The van der Waals surface area contributed by atoms with E-state index in [-0.39, 0.29) is 5.69 Å². The molecule has 0 aromatic heterocycles. The average molecular weight is 278 g/mol. The van der Waals surface area contributed by atoms with Gasteiger partial charge in [-0.15, -0.1) is 0 Å². The first kappa shape index (κ1) is 14.9. The summed E-state index contributed by atoms with van der Waals surface area (Å²) >= 11 is 0. The summed E-state index contributed by atoms with van der Waals surface area (Å²) in [4.78, 5) is 12.7. The molecule has 5 nitrogen and oxygen atoms in total. The maximum absolute atomic E-state index is 10.8. The highest BCUT2D eigenvalue weighted by Gasteiger charge is 2.28. The zero-order valence-electron chi connectivity index (χ0n) is 12.0. The molecule has 0 spiro atoms. The zero-order valence-corrected chi connectivity index (χ0v) is 12.0. The molecular formula is C15H22N2O3. The molecule has 20 heavy (non-hydrogen) atoms. The van der Waals surface area contributed by atoms with Gasteiger partial charge in [-0.05, 0) is 32.3 Å².